The Kier molecular flexibility index (Phi) is 5.05. The van der Waals surface area contributed by atoms with Crippen molar-refractivity contribution < 1.29 is 27.9 Å². The number of rotatable bonds is 6. The van der Waals surface area contributed by atoms with Crippen molar-refractivity contribution in [3.05, 3.63) is 18.0 Å². The third-order valence-corrected chi connectivity index (χ3v) is 3.27. The first kappa shape index (κ1) is 16.7. The molecule has 0 aliphatic carbocycles. The first-order valence-corrected chi connectivity index (χ1v) is 7.11. The van der Waals surface area contributed by atoms with Crippen LogP contribution in [0.3, 0.4) is 0 Å². The van der Waals surface area contributed by atoms with E-state index in [4.69, 9.17) is 10.2 Å². The molecule has 0 unspecified atom stereocenters. The van der Waals surface area contributed by atoms with Crippen molar-refractivity contribution in [1.82, 2.24) is 15.2 Å². The maximum atomic E-state index is 11.8. The first-order chi connectivity index (χ1) is 9.61. The molecule has 1 aromatic rings. The molecular weight excluding hydrogens is 304 g/mol. The van der Waals surface area contributed by atoms with Crippen LogP contribution >= 0.6 is 0 Å². The summed E-state index contributed by atoms with van der Waals surface area (Å²) in [7, 11) is -2.49. The van der Waals surface area contributed by atoms with Gasteiger partial charge in [-0.25, -0.2) is 13.6 Å². The number of sulfonamides is 1. The van der Waals surface area contributed by atoms with Crippen LogP contribution in [0.25, 0.3) is 0 Å². The Bertz CT molecular complexity index is 678. The minimum Gasteiger partial charge on any atom is -0.480 e. The summed E-state index contributed by atoms with van der Waals surface area (Å²) in [6.45, 7) is -1.00. The number of nitrogens with zero attached hydrogens (tertiary/aromatic N) is 1. The van der Waals surface area contributed by atoms with Gasteiger partial charge in [0, 0.05) is 13.2 Å². The molecule has 21 heavy (non-hydrogen) atoms. The van der Waals surface area contributed by atoms with E-state index in [0.717, 1.165) is 12.3 Å². The monoisotopic (exact) mass is 318 g/mol. The second kappa shape index (κ2) is 6.37. The summed E-state index contributed by atoms with van der Waals surface area (Å²) in [6, 6.07) is 1.07. The average Bonchev–Trinajstić information content (AvgIpc) is 2.75. The van der Waals surface area contributed by atoms with Crippen LogP contribution in [0.1, 0.15) is 10.5 Å². The molecule has 11 heteroatoms. The van der Waals surface area contributed by atoms with Crippen LogP contribution in [-0.2, 0) is 26.7 Å². The molecule has 5 N–H and O–H groups in total. The zero-order valence-corrected chi connectivity index (χ0v) is 11.8. The number of carboxylic acids is 1. The predicted octanol–water partition coefficient (Wildman–Crippen LogP) is -2.40. The number of primary sulfonamides is 1. The summed E-state index contributed by atoms with van der Waals surface area (Å²) < 4.78 is 23.5. The maximum absolute atomic E-state index is 11.8. The molecule has 0 radical (unpaired) electrons. The molecule has 0 aromatic carbocycles. The van der Waals surface area contributed by atoms with Gasteiger partial charge in [0.2, 0.25) is 15.9 Å². The number of aryl methyl sites for hydroxylation is 1. The minimum atomic E-state index is -3.93. The molecule has 1 heterocycles. The molecule has 0 saturated carbocycles. The zero-order valence-electron chi connectivity index (χ0n) is 11.0. The minimum absolute atomic E-state index is 0.00920. The number of aliphatic carboxylic acids is 1. The number of carbonyl (C=O) groups is 3. The maximum Gasteiger partial charge on any atom is 0.322 e. The number of amides is 2. The van der Waals surface area contributed by atoms with E-state index in [1.54, 1.807) is 0 Å². The van der Waals surface area contributed by atoms with Crippen LogP contribution in [0, 0.1) is 0 Å². The summed E-state index contributed by atoms with van der Waals surface area (Å²) in [6.07, 6.45) is 1.16. The van der Waals surface area contributed by atoms with E-state index < -0.39 is 40.9 Å². The molecule has 0 aliphatic rings. The number of nitrogens with two attached hydrogens (primary N) is 1. The molecular formula is C10H14N4O6S. The fourth-order valence-electron chi connectivity index (χ4n) is 1.40. The van der Waals surface area contributed by atoms with Crippen molar-refractivity contribution in [3.8, 4) is 0 Å². The Balaban J connectivity index is 2.67. The van der Waals surface area contributed by atoms with Gasteiger partial charge in [0.05, 0.1) is 6.54 Å². The molecule has 1 aromatic heterocycles. The molecule has 0 atom stereocenters. The molecule has 0 bridgehead atoms. The summed E-state index contributed by atoms with van der Waals surface area (Å²) in [5.74, 6) is -2.60. The average molecular weight is 318 g/mol. The van der Waals surface area contributed by atoms with Gasteiger partial charge in [-0.3, -0.25) is 14.4 Å². The van der Waals surface area contributed by atoms with Gasteiger partial charge >= 0.3 is 5.97 Å². The van der Waals surface area contributed by atoms with Gasteiger partial charge < -0.3 is 20.3 Å². The van der Waals surface area contributed by atoms with Crippen molar-refractivity contribution in [2.75, 3.05) is 13.1 Å². The molecule has 0 fully saturated rings. The van der Waals surface area contributed by atoms with E-state index in [9.17, 15) is 22.8 Å². The number of carboxylic acid groups (broad SMARTS) is 1. The quantitative estimate of drug-likeness (QED) is 0.457. The van der Waals surface area contributed by atoms with Gasteiger partial charge in [0.1, 0.15) is 17.1 Å². The van der Waals surface area contributed by atoms with Crippen LogP contribution in [0.15, 0.2) is 17.2 Å². The number of hydrogen-bond donors (Lipinski definition) is 4. The van der Waals surface area contributed by atoms with Crippen molar-refractivity contribution in [1.29, 1.82) is 0 Å². The fourth-order valence-corrected chi connectivity index (χ4v) is 1.98. The largest absolute Gasteiger partial charge is 0.480 e. The molecule has 2 amide bonds. The standard InChI is InChI=1S/C10H14N4O6S/c1-14-5-6(21(11,19)20)2-7(14)10(18)13-3-8(15)12-4-9(16)17/h2,5H,3-4H2,1H3,(H,12,15)(H,13,18)(H,16,17)(H2,11,19,20). The molecule has 0 saturated heterocycles. The van der Waals surface area contributed by atoms with Gasteiger partial charge in [-0.15, -0.1) is 0 Å². The Hall–Kier alpha value is -2.40. The van der Waals surface area contributed by atoms with Gasteiger partial charge in [-0.1, -0.05) is 0 Å². The van der Waals surface area contributed by atoms with Crippen molar-refractivity contribution >= 4 is 27.8 Å². The fraction of sp³-hybridized carbons (Fsp3) is 0.300. The second-order valence-electron chi connectivity index (χ2n) is 4.07. The van der Waals surface area contributed by atoms with E-state index in [0.29, 0.717) is 0 Å². The van der Waals surface area contributed by atoms with Crippen molar-refractivity contribution in [2.45, 2.75) is 4.90 Å². The predicted molar refractivity (Wildman–Crippen MR) is 69.8 cm³/mol. The lowest BCUT2D eigenvalue weighted by Crippen LogP contribution is -2.39. The molecule has 0 spiro atoms. The highest BCUT2D eigenvalue weighted by Crippen LogP contribution is 2.11. The highest BCUT2D eigenvalue weighted by molar-refractivity contribution is 7.89. The molecule has 1 rings (SSSR count). The van der Waals surface area contributed by atoms with Crippen LogP contribution in [-0.4, -0.2) is 49.0 Å². The van der Waals surface area contributed by atoms with E-state index in [1.807, 2.05) is 0 Å². The third kappa shape index (κ3) is 4.89. The lowest BCUT2D eigenvalue weighted by Gasteiger charge is -2.05. The summed E-state index contributed by atoms with van der Waals surface area (Å²) in [5, 5.41) is 17.6. The molecule has 10 nitrogen and oxygen atoms in total. The highest BCUT2D eigenvalue weighted by Gasteiger charge is 2.17. The number of hydrogen-bond acceptors (Lipinski definition) is 5. The van der Waals surface area contributed by atoms with Gasteiger partial charge in [0.15, 0.2) is 0 Å². The summed E-state index contributed by atoms with van der Waals surface area (Å²) >= 11 is 0. The number of aromatic nitrogens is 1. The van der Waals surface area contributed by atoms with Crippen LogP contribution in [0.4, 0.5) is 0 Å². The van der Waals surface area contributed by atoms with Crippen LogP contribution in [0.5, 0.6) is 0 Å². The van der Waals surface area contributed by atoms with E-state index >= 15 is 0 Å². The van der Waals surface area contributed by atoms with Crippen LogP contribution in [0.2, 0.25) is 0 Å². The Morgan fingerprint density at radius 3 is 2.38 bits per heavy atom. The lowest BCUT2D eigenvalue weighted by molar-refractivity contribution is -0.137. The summed E-state index contributed by atoms with van der Waals surface area (Å²) in [4.78, 5) is 33.0. The van der Waals surface area contributed by atoms with Gasteiger partial charge in [-0.05, 0) is 6.07 Å². The molecule has 116 valence electrons. The number of carbonyl (C=O) groups excluding carboxylic acids is 2. The summed E-state index contributed by atoms with van der Waals surface area (Å²) in [5.41, 5.74) is -0.00920. The van der Waals surface area contributed by atoms with Crippen molar-refractivity contribution in [2.24, 2.45) is 12.2 Å². The van der Waals surface area contributed by atoms with Gasteiger partial charge in [0.25, 0.3) is 5.91 Å². The lowest BCUT2D eigenvalue weighted by atomic mass is 10.4. The SMILES string of the molecule is Cn1cc(S(N)(=O)=O)cc1C(=O)NCC(=O)NCC(=O)O. The smallest absolute Gasteiger partial charge is 0.322 e. The Morgan fingerprint density at radius 1 is 1.29 bits per heavy atom. The van der Waals surface area contributed by atoms with E-state index in [2.05, 4.69) is 10.6 Å². The first-order valence-electron chi connectivity index (χ1n) is 5.57. The van der Waals surface area contributed by atoms with E-state index in [1.165, 1.54) is 11.6 Å². The van der Waals surface area contributed by atoms with Gasteiger partial charge in [-0.2, -0.15) is 0 Å². The Labute approximate surface area is 120 Å². The second-order valence-corrected chi connectivity index (χ2v) is 5.63. The normalized spacial score (nSPS) is 11.0. The van der Waals surface area contributed by atoms with Crippen LogP contribution < -0.4 is 15.8 Å². The molecule has 0 aliphatic heterocycles. The zero-order chi connectivity index (χ0) is 16.2. The topological polar surface area (TPSA) is 161 Å². The third-order valence-electron chi connectivity index (χ3n) is 2.39. The highest BCUT2D eigenvalue weighted by atomic mass is 32.2. The number of nitrogens with one attached hydrogen (secondary N) is 2. The Morgan fingerprint density at radius 2 is 1.90 bits per heavy atom. The van der Waals surface area contributed by atoms with Crippen molar-refractivity contribution in [3.63, 3.8) is 0 Å². The van der Waals surface area contributed by atoms with E-state index in [-0.39, 0.29) is 10.6 Å².